The largest absolute Gasteiger partial charge is 0.493 e. The van der Waals surface area contributed by atoms with Gasteiger partial charge in [-0.15, -0.1) is 0 Å². The first kappa shape index (κ1) is 19.8. The number of nitrogens with zero attached hydrogens (tertiary/aromatic N) is 3. The van der Waals surface area contributed by atoms with Gasteiger partial charge < -0.3 is 15.0 Å². The van der Waals surface area contributed by atoms with Gasteiger partial charge in [0.25, 0.3) is 0 Å². The van der Waals surface area contributed by atoms with Crippen molar-refractivity contribution in [3.63, 3.8) is 0 Å². The average Bonchev–Trinajstić information content (AvgIpc) is 3.56. The summed E-state index contributed by atoms with van der Waals surface area (Å²) in [4.78, 5) is 16.8. The molecule has 0 saturated heterocycles. The Hall–Kier alpha value is -3.17. The summed E-state index contributed by atoms with van der Waals surface area (Å²) in [7, 11) is -1.38. The zero-order valence-electron chi connectivity index (χ0n) is 16.6. The molecule has 31 heavy (non-hydrogen) atoms. The number of rotatable bonds is 6. The Labute approximate surface area is 184 Å². The van der Waals surface area contributed by atoms with E-state index >= 15 is 0 Å². The third-order valence-corrected chi connectivity index (χ3v) is 7.82. The van der Waals surface area contributed by atoms with E-state index in [9.17, 15) is 4.21 Å². The summed E-state index contributed by atoms with van der Waals surface area (Å²) in [6, 6.07) is 9.48. The molecule has 4 aromatic rings. The van der Waals surface area contributed by atoms with Gasteiger partial charge in [0.1, 0.15) is 0 Å². The van der Waals surface area contributed by atoms with Gasteiger partial charge in [-0.05, 0) is 18.9 Å². The maximum absolute atomic E-state index is 12.7. The molecule has 0 bridgehead atoms. The second-order valence-electron chi connectivity index (χ2n) is 7.28. The summed E-state index contributed by atoms with van der Waals surface area (Å²) in [6.07, 6.45) is 6.45. The summed E-state index contributed by atoms with van der Waals surface area (Å²) in [5.74, 6) is 1.02. The zero-order valence-corrected chi connectivity index (χ0v) is 18.1. The number of anilines is 2. The maximum atomic E-state index is 12.7. The molecule has 1 unspecified atom stereocenters. The molecule has 10 heteroatoms. The Morgan fingerprint density at radius 1 is 1.26 bits per heavy atom. The molecular weight excluding hydrogens is 436 g/mol. The van der Waals surface area contributed by atoms with Crippen LogP contribution in [0.25, 0.3) is 22.2 Å². The summed E-state index contributed by atoms with van der Waals surface area (Å²) in [6.45, 7) is 0. The van der Waals surface area contributed by atoms with E-state index in [4.69, 9.17) is 21.1 Å². The maximum Gasteiger partial charge on any atom is 0.229 e. The number of aromatic nitrogens is 4. The van der Waals surface area contributed by atoms with Crippen LogP contribution in [0.1, 0.15) is 12.8 Å². The lowest BCUT2D eigenvalue weighted by molar-refractivity contribution is 0.414. The van der Waals surface area contributed by atoms with Gasteiger partial charge in [-0.25, -0.2) is 23.9 Å². The van der Waals surface area contributed by atoms with Gasteiger partial charge in [0.05, 0.1) is 38.6 Å². The average molecular weight is 455 g/mol. The van der Waals surface area contributed by atoms with Crippen molar-refractivity contribution >= 4 is 44.0 Å². The second-order valence-corrected chi connectivity index (χ2v) is 10.0. The lowest BCUT2D eigenvalue weighted by Gasteiger charge is -2.13. The number of nitrogens with one attached hydrogen (secondary N) is 3. The SMILES string of the molecule is COc1cc(S(=N)(=O)C2CC2)cnc1Nc1ncc(Cl)c(-c2c[nH]c3ccccc23)n1. The van der Waals surface area contributed by atoms with Gasteiger partial charge in [0, 0.05) is 40.2 Å². The number of benzene rings is 1. The molecule has 158 valence electrons. The third-order valence-electron chi connectivity index (χ3n) is 5.21. The first-order valence-corrected chi connectivity index (χ1v) is 11.6. The number of fused-ring (bicyclic) bond motifs is 1. The lowest BCUT2D eigenvalue weighted by Crippen LogP contribution is -2.08. The van der Waals surface area contributed by atoms with Crippen LogP contribution in [0.2, 0.25) is 5.02 Å². The molecule has 5 rings (SSSR count). The normalized spacial score (nSPS) is 15.5. The monoisotopic (exact) mass is 454 g/mol. The van der Waals surface area contributed by atoms with Crippen LogP contribution in [0.5, 0.6) is 5.75 Å². The molecule has 0 radical (unpaired) electrons. The Morgan fingerprint density at radius 3 is 2.84 bits per heavy atom. The topological polar surface area (TPSA) is 117 Å². The molecule has 3 N–H and O–H groups in total. The van der Waals surface area contributed by atoms with E-state index in [1.807, 2.05) is 30.5 Å². The highest BCUT2D eigenvalue weighted by Gasteiger charge is 2.34. The predicted molar refractivity (Wildman–Crippen MR) is 121 cm³/mol. The minimum absolute atomic E-state index is 0.101. The number of para-hydroxylation sites is 1. The number of pyridine rings is 1. The van der Waals surface area contributed by atoms with Crippen molar-refractivity contribution in [2.24, 2.45) is 0 Å². The molecule has 1 aliphatic carbocycles. The molecule has 1 aliphatic rings. The molecule has 3 aromatic heterocycles. The van der Waals surface area contributed by atoms with E-state index in [0.29, 0.717) is 27.2 Å². The van der Waals surface area contributed by atoms with Crippen LogP contribution in [-0.4, -0.2) is 36.5 Å². The Balaban J connectivity index is 1.50. The van der Waals surface area contributed by atoms with Gasteiger partial charge in [-0.1, -0.05) is 29.8 Å². The van der Waals surface area contributed by atoms with Gasteiger partial charge in [-0.2, -0.15) is 0 Å². The van der Waals surface area contributed by atoms with E-state index < -0.39 is 9.73 Å². The van der Waals surface area contributed by atoms with Crippen molar-refractivity contribution in [2.75, 3.05) is 12.4 Å². The van der Waals surface area contributed by atoms with Crippen LogP contribution in [0.4, 0.5) is 11.8 Å². The number of hydrogen-bond donors (Lipinski definition) is 3. The Bertz CT molecular complexity index is 1400. The predicted octanol–water partition coefficient (Wildman–Crippen LogP) is 4.99. The first-order chi connectivity index (χ1) is 15.0. The minimum Gasteiger partial charge on any atom is -0.493 e. The van der Waals surface area contributed by atoms with Crippen molar-refractivity contribution < 1.29 is 8.95 Å². The van der Waals surface area contributed by atoms with Gasteiger partial charge in [0.15, 0.2) is 11.6 Å². The fraction of sp³-hybridized carbons (Fsp3) is 0.190. The van der Waals surface area contributed by atoms with Gasteiger partial charge in [-0.3, -0.25) is 0 Å². The first-order valence-electron chi connectivity index (χ1n) is 9.65. The van der Waals surface area contributed by atoms with Crippen molar-refractivity contribution in [2.45, 2.75) is 23.0 Å². The molecule has 0 spiro atoms. The summed E-state index contributed by atoms with van der Waals surface area (Å²) in [5, 5.41) is 4.36. The molecule has 1 aromatic carbocycles. The number of aromatic amines is 1. The highest BCUT2D eigenvalue weighted by Crippen LogP contribution is 2.37. The van der Waals surface area contributed by atoms with Gasteiger partial charge >= 0.3 is 0 Å². The van der Waals surface area contributed by atoms with Crippen molar-refractivity contribution in [3.05, 3.63) is 53.9 Å². The molecular formula is C21H19ClN6O2S. The fourth-order valence-corrected chi connectivity index (χ4v) is 5.29. The molecule has 8 nitrogen and oxygen atoms in total. The molecule has 3 heterocycles. The summed E-state index contributed by atoms with van der Waals surface area (Å²) >= 11 is 6.40. The fourth-order valence-electron chi connectivity index (χ4n) is 3.42. The third kappa shape index (κ3) is 3.60. The Morgan fingerprint density at radius 2 is 2.06 bits per heavy atom. The van der Waals surface area contributed by atoms with Crippen LogP contribution in [0.3, 0.4) is 0 Å². The number of halogens is 1. The standard InChI is InChI=1S/C21H19ClN6O2S/c1-30-18-8-13(31(23,29)12-6-7-12)9-25-20(18)28-21-26-11-16(22)19(27-21)15-10-24-17-5-3-2-4-14(15)17/h2-5,8-12,23-24H,6-7H2,1H3,(H,25,26,27,28). The van der Waals surface area contributed by atoms with E-state index in [1.54, 1.807) is 6.07 Å². The number of H-pyrrole nitrogens is 1. The second kappa shape index (κ2) is 7.51. The van der Waals surface area contributed by atoms with E-state index in [1.165, 1.54) is 19.5 Å². The highest BCUT2D eigenvalue weighted by molar-refractivity contribution is 7.93. The molecule has 0 amide bonds. The number of ether oxygens (including phenoxy) is 1. The van der Waals surface area contributed by atoms with Gasteiger partial charge in [0.2, 0.25) is 5.95 Å². The smallest absolute Gasteiger partial charge is 0.229 e. The molecule has 1 fully saturated rings. The van der Waals surface area contributed by atoms with Crippen LogP contribution < -0.4 is 10.1 Å². The molecule has 1 atom stereocenters. The summed E-state index contributed by atoms with van der Waals surface area (Å²) in [5.41, 5.74) is 2.42. The minimum atomic E-state index is -2.87. The van der Waals surface area contributed by atoms with Crippen LogP contribution in [0.15, 0.2) is 53.8 Å². The zero-order chi connectivity index (χ0) is 21.6. The van der Waals surface area contributed by atoms with Crippen LogP contribution in [0, 0.1) is 4.78 Å². The van der Waals surface area contributed by atoms with E-state index in [0.717, 1.165) is 29.3 Å². The Kier molecular flexibility index (Phi) is 4.79. The molecule has 1 saturated carbocycles. The quantitative estimate of drug-likeness (QED) is 0.377. The number of hydrogen-bond acceptors (Lipinski definition) is 7. The lowest BCUT2D eigenvalue weighted by atomic mass is 10.1. The van der Waals surface area contributed by atoms with Crippen molar-refractivity contribution in [1.29, 1.82) is 4.78 Å². The highest BCUT2D eigenvalue weighted by atomic mass is 35.5. The van der Waals surface area contributed by atoms with E-state index in [-0.39, 0.29) is 11.2 Å². The van der Waals surface area contributed by atoms with Crippen LogP contribution in [-0.2, 0) is 9.73 Å². The number of methoxy groups -OCH3 is 1. The van der Waals surface area contributed by atoms with E-state index in [2.05, 4.69) is 25.3 Å². The summed E-state index contributed by atoms with van der Waals surface area (Å²) < 4.78 is 26.3. The van der Waals surface area contributed by atoms with Crippen molar-refractivity contribution in [1.82, 2.24) is 19.9 Å². The van der Waals surface area contributed by atoms with Crippen molar-refractivity contribution in [3.8, 4) is 17.0 Å². The molecule has 0 aliphatic heterocycles. The van der Waals surface area contributed by atoms with Crippen LogP contribution >= 0.6 is 11.6 Å².